The normalized spacial score (nSPS) is 15.9. The summed E-state index contributed by atoms with van der Waals surface area (Å²) in [4.78, 5) is 42.2. The van der Waals surface area contributed by atoms with Crippen LogP contribution in [-0.4, -0.2) is 48.4 Å². The molecule has 0 saturated heterocycles. The predicted octanol–water partition coefficient (Wildman–Crippen LogP) is 2.13. The second kappa shape index (κ2) is 9.55. The molecule has 1 aliphatic rings. The summed E-state index contributed by atoms with van der Waals surface area (Å²) in [7, 11) is 1.30. The lowest BCUT2D eigenvalue weighted by atomic mass is 9.99. The molecule has 0 radical (unpaired) electrons. The van der Waals surface area contributed by atoms with Crippen molar-refractivity contribution in [3.05, 3.63) is 29.8 Å². The van der Waals surface area contributed by atoms with Gasteiger partial charge in [0.2, 0.25) is 5.91 Å². The number of esters is 1. The van der Waals surface area contributed by atoms with Crippen LogP contribution in [0.3, 0.4) is 0 Å². The van der Waals surface area contributed by atoms with E-state index in [0.29, 0.717) is 5.17 Å². The largest absolute Gasteiger partial charge is 0.467 e. The minimum atomic E-state index is -0.687. The van der Waals surface area contributed by atoms with Crippen molar-refractivity contribution in [3.63, 3.8) is 0 Å². The summed E-state index contributed by atoms with van der Waals surface area (Å²) in [6.45, 7) is 5.86. The molecule has 27 heavy (non-hydrogen) atoms. The number of carbonyl (C=O) groups excluding carboxylic acids is 3. The van der Waals surface area contributed by atoms with Crippen molar-refractivity contribution in [2.75, 3.05) is 24.3 Å². The molecule has 146 valence electrons. The zero-order valence-electron chi connectivity index (χ0n) is 16.0. The van der Waals surface area contributed by atoms with Gasteiger partial charge in [-0.05, 0) is 25.0 Å². The van der Waals surface area contributed by atoms with Gasteiger partial charge in [-0.2, -0.15) is 0 Å². The Morgan fingerprint density at radius 3 is 2.59 bits per heavy atom. The van der Waals surface area contributed by atoms with E-state index in [2.05, 4.69) is 10.3 Å². The van der Waals surface area contributed by atoms with Gasteiger partial charge >= 0.3 is 5.97 Å². The van der Waals surface area contributed by atoms with Crippen LogP contribution in [-0.2, 0) is 19.1 Å². The molecular formula is C19H25N3O4S. The summed E-state index contributed by atoms with van der Waals surface area (Å²) in [6.07, 6.45) is 0.732. The van der Waals surface area contributed by atoms with Crippen molar-refractivity contribution in [2.24, 2.45) is 10.9 Å². The number of ether oxygens (including phenoxy) is 1. The molecule has 2 rings (SSSR count). The van der Waals surface area contributed by atoms with Crippen LogP contribution in [0.5, 0.6) is 0 Å². The molecule has 7 nitrogen and oxygen atoms in total. The van der Waals surface area contributed by atoms with Crippen molar-refractivity contribution in [1.29, 1.82) is 0 Å². The fraction of sp³-hybridized carbons (Fsp3) is 0.474. The Morgan fingerprint density at radius 2 is 2.00 bits per heavy atom. The van der Waals surface area contributed by atoms with Crippen molar-refractivity contribution in [2.45, 2.75) is 33.2 Å². The number of nitrogens with zero attached hydrogens (tertiary/aromatic N) is 2. The van der Waals surface area contributed by atoms with Gasteiger partial charge in [0.25, 0.3) is 5.91 Å². The molecule has 0 aromatic heterocycles. The van der Waals surface area contributed by atoms with Crippen LogP contribution in [0.2, 0.25) is 0 Å². The minimum absolute atomic E-state index is 0.0409. The molecule has 0 unspecified atom stereocenters. The third kappa shape index (κ3) is 5.32. The Balaban J connectivity index is 1.99. The Hall–Kier alpha value is -2.35. The van der Waals surface area contributed by atoms with Crippen LogP contribution in [0.1, 0.15) is 25.8 Å². The zero-order valence-corrected chi connectivity index (χ0v) is 16.8. The van der Waals surface area contributed by atoms with E-state index in [1.165, 1.54) is 23.8 Å². The molecular weight excluding hydrogens is 366 g/mol. The van der Waals surface area contributed by atoms with E-state index in [-0.39, 0.29) is 30.0 Å². The van der Waals surface area contributed by atoms with Crippen LogP contribution in [0.4, 0.5) is 5.69 Å². The Labute approximate surface area is 163 Å². The van der Waals surface area contributed by atoms with E-state index in [1.807, 2.05) is 45.0 Å². The van der Waals surface area contributed by atoms with Crippen LogP contribution in [0.25, 0.3) is 0 Å². The van der Waals surface area contributed by atoms with E-state index < -0.39 is 12.0 Å². The molecule has 1 aliphatic heterocycles. The minimum Gasteiger partial charge on any atom is -0.467 e. The van der Waals surface area contributed by atoms with Gasteiger partial charge in [0.05, 0.1) is 18.6 Å². The average Bonchev–Trinajstić information content (AvgIpc) is 3.04. The number of rotatable bonds is 7. The summed E-state index contributed by atoms with van der Waals surface area (Å²) in [5.41, 5.74) is 1.82. The molecule has 1 N–H and O–H groups in total. The number of thioether (sulfide) groups is 1. The molecule has 2 atom stereocenters. The topological polar surface area (TPSA) is 88.1 Å². The summed E-state index contributed by atoms with van der Waals surface area (Å²) < 4.78 is 4.78. The van der Waals surface area contributed by atoms with Gasteiger partial charge in [-0.1, -0.05) is 49.7 Å². The lowest BCUT2D eigenvalue weighted by molar-refractivity contribution is -0.146. The monoisotopic (exact) mass is 391 g/mol. The smallest absolute Gasteiger partial charge is 0.328 e. The fourth-order valence-electron chi connectivity index (χ4n) is 2.58. The molecule has 1 heterocycles. The summed E-state index contributed by atoms with van der Waals surface area (Å²) in [5, 5.41) is 3.21. The Kier molecular flexibility index (Phi) is 7.41. The molecule has 0 saturated carbocycles. The Bertz CT molecular complexity index is 733. The van der Waals surface area contributed by atoms with E-state index in [9.17, 15) is 14.4 Å². The Morgan fingerprint density at radius 1 is 1.33 bits per heavy atom. The standard InChI is InChI=1S/C19H25N3O4S/c1-5-13(3)17(18(25)26-4)21-15(23)11-27-19-20-10-16(24)22(19)14-8-6-12(2)7-9-14/h6-9,13,17H,5,10-11H2,1-4H3,(H,21,23)/t13-,17-/m0/s1. The van der Waals surface area contributed by atoms with Crippen molar-refractivity contribution < 1.29 is 19.1 Å². The zero-order chi connectivity index (χ0) is 20.0. The first-order valence-corrected chi connectivity index (χ1v) is 9.80. The number of aryl methyl sites for hydroxylation is 1. The highest BCUT2D eigenvalue weighted by atomic mass is 32.2. The van der Waals surface area contributed by atoms with Crippen molar-refractivity contribution in [3.8, 4) is 0 Å². The van der Waals surface area contributed by atoms with Gasteiger partial charge in [-0.15, -0.1) is 0 Å². The lowest BCUT2D eigenvalue weighted by Gasteiger charge is -2.22. The number of amidine groups is 1. The van der Waals surface area contributed by atoms with Crippen molar-refractivity contribution in [1.82, 2.24) is 5.32 Å². The molecule has 1 aromatic carbocycles. The van der Waals surface area contributed by atoms with E-state index >= 15 is 0 Å². The van der Waals surface area contributed by atoms with Crippen LogP contribution in [0.15, 0.2) is 29.3 Å². The number of nitrogens with one attached hydrogen (secondary N) is 1. The maximum Gasteiger partial charge on any atom is 0.328 e. The first-order chi connectivity index (χ1) is 12.9. The number of anilines is 1. The van der Waals surface area contributed by atoms with Gasteiger partial charge in [0, 0.05) is 0 Å². The third-order valence-corrected chi connectivity index (χ3v) is 5.38. The van der Waals surface area contributed by atoms with Gasteiger partial charge in [-0.3, -0.25) is 19.5 Å². The number of aliphatic imine (C=N–C) groups is 1. The van der Waals surface area contributed by atoms with Gasteiger partial charge in [0.15, 0.2) is 5.17 Å². The quantitative estimate of drug-likeness (QED) is 0.720. The number of hydrogen-bond donors (Lipinski definition) is 1. The van der Waals surface area contributed by atoms with E-state index in [0.717, 1.165) is 17.7 Å². The molecule has 0 bridgehead atoms. The van der Waals surface area contributed by atoms with Crippen LogP contribution < -0.4 is 10.2 Å². The maximum atomic E-state index is 12.3. The summed E-state index contributed by atoms with van der Waals surface area (Å²) >= 11 is 1.17. The second-order valence-corrected chi connectivity index (χ2v) is 7.35. The predicted molar refractivity (Wildman–Crippen MR) is 107 cm³/mol. The molecule has 8 heteroatoms. The number of benzene rings is 1. The third-order valence-electron chi connectivity index (χ3n) is 4.40. The highest BCUT2D eigenvalue weighted by molar-refractivity contribution is 8.14. The number of hydrogen-bond acceptors (Lipinski definition) is 6. The van der Waals surface area contributed by atoms with Gasteiger partial charge in [0.1, 0.15) is 12.6 Å². The molecule has 0 spiro atoms. The van der Waals surface area contributed by atoms with Gasteiger partial charge in [-0.25, -0.2) is 4.79 Å². The average molecular weight is 391 g/mol. The first kappa shape index (κ1) is 21.0. The van der Waals surface area contributed by atoms with E-state index in [1.54, 1.807) is 0 Å². The second-order valence-electron chi connectivity index (χ2n) is 6.41. The summed E-state index contributed by atoms with van der Waals surface area (Å²) in [6, 6.07) is 6.86. The molecule has 1 aromatic rings. The van der Waals surface area contributed by atoms with Crippen molar-refractivity contribution >= 4 is 40.4 Å². The summed E-state index contributed by atoms with van der Waals surface area (Å²) in [5.74, 6) is -0.882. The molecule has 0 aliphatic carbocycles. The number of methoxy groups -OCH3 is 1. The van der Waals surface area contributed by atoms with Crippen LogP contribution >= 0.6 is 11.8 Å². The highest BCUT2D eigenvalue weighted by Crippen LogP contribution is 2.24. The first-order valence-electron chi connectivity index (χ1n) is 8.81. The fourth-order valence-corrected chi connectivity index (χ4v) is 3.42. The highest BCUT2D eigenvalue weighted by Gasteiger charge is 2.30. The van der Waals surface area contributed by atoms with E-state index in [4.69, 9.17) is 4.74 Å². The number of carbonyl (C=O) groups is 3. The maximum absolute atomic E-state index is 12.3. The number of amides is 2. The molecule has 0 fully saturated rings. The lowest BCUT2D eigenvalue weighted by Crippen LogP contribution is -2.46. The van der Waals surface area contributed by atoms with Crippen LogP contribution in [0, 0.1) is 12.8 Å². The van der Waals surface area contributed by atoms with Gasteiger partial charge < -0.3 is 10.1 Å². The SMILES string of the molecule is CC[C@H](C)[C@H](NC(=O)CSC1=NCC(=O)N1c1ccc(C)cc1)C(=O)OC. The molecule has 2 amide bonds.